The van der Waals surface area contributed by atoms with Crippen molar-refractivity contribution >= 4 is 34.8 Å². The summed E-state index contributed by atoms with van der Waals surface area (Å²) in [6, 6.07) is 12.4. The smallest absolute Gasteiger partial charge is 0.241 e. The molecule has 0 aliphatic rings. The number of benzene rings is 2. The Balaban J connectivity index is 2.03. The van der Waals surface area contributed by atoms with Crippen LogP contribution in [-0.2, 0) is 4.79 Å². The molecular weight excluding hydrogens is 359 g/mol. The van der Waals surface area contributed by atoms with E-state index in [1.54, 1.807) is 25.3 Å². The molecule has 2 atom stereocenters. The zero-order valence-electron chi connectivity index (χ0n) is 14.5. The third kappa shape index (κ3) is 5.36. The van der Waals surface area contributed by atoms with E-state index in [1.807, 2.05) is 31.2 Å². The molecule has 0 aliphatic heterocycles. The molecule has 0 spiro atoms. The minimum absolute atomic E-state index is 0.0569. The lowest BCUT2D eigenvalue weighted by atomic mass is 10.0. The van der Waals surface area contributed by atoms with Crippen molar-refractivity contribution in [3.63, 3.8) is 0 Å². The fourth-order valence-electron chi connectivity index (χ4n) is 2.50. The fourth-order valence-corrected chi connectivity index (χ4v) is 2.83. The summed E-state index contributed by atoms with van der Waals surface area (Å²) >= 11 is 12.1. The minimum Gasteiger partial charge on any atom is -0.497 e. The molecule has 6 heteroatoms. The summed E-state index contributed by atoms with van der Waals surface area (Å²) in [7, 11) is 1.64. The molecule has 1 amide bonds. The highest BCUT2D eigenvalue weighted by atomic mass is 35.5. The highest BCUT2D eigenvalue weighted by Crippen LogP contribution is 2.26. The van der Waals surface area contributed by atoms with Crippen molar-refractivity contribution in [1.82, 2.24) is 5.32 Å². The number of hydrogen-bond acceptors (Lipinski definition) is 3. The van der Waals surface area contributed by atoms with E-state index in [0.29, 0.717) is 15.7 Å². The zero-order chi connectivity index (χ0) is 18.4. The highest BCUT2D eigenvalue weighted by Gasteiger charge is 2.19. The van der Waals surface area contributed by atoms with Crippen LogP contribution in [0.4, 0.5) is 5.69 Å². The molecule has 0 saturated carbocycles. The Hall–Kier alpha value is -1.75. The Kier molecular flexibility index (Phi) is 7.12. The Morgan fingerprint density at radius 3 is 2.44 bits per heavy atom. The minimum atomic E-state index is -0.401. The largest absolute Gasteiger partial charge is 0.497 e. The molecule has 25 heavy (non-hydrogen) atoms. The van der Waals surface area contributed by atoms with E-state index in [-0.39, 0.29) is 11.9 Å². The Bertz CT molecular complexity index is 720. The average molecular weight is 381 g/mol. The first kappa shape index (κ1) is 19.6. The number of halogens is 2. The number of rotatable bonds is 7. The van der Waals surface area contributed by atoms with Crippen LogP contribution in [0, 0.1) is 0 Å². The van der Waals surface area contributed by atoms with E-state index in [4.69, 9.17) is 27.9 Å². The van der Waals surface area contributed by atoms with Gasteiger partial charge in [0.2, 0.25) is 5.91 Å². The number of amides is 1. The molecule has 2 unspecified atom stereocenters. The summed E-state index contributed by atoms with van der Waals surface area (Å²) in [6.45, 7) is 3.89. The van der Waals surface area contributed by atoms with E-state index < -0.39 is 6.04 Å². The van der Waals surface area contributed by atoms with E-state index in [2.05, 4.69) is 17.6 Å². The van der Waals surface area contributed by atoms with Gasteiger partial charge >= 0.3 is 0 Å². The van der Waals surface area contributed by atoms with Gasteiger partial charge in [-0.3, -0.25) is 10.1 Å². The Morgan fingerprint density at radius 2 is 1.84 bits per heavy atom. The number of nitrogens with one attached hydrogen (secondary N) is 2. The lowest BCUT2D eigenvalue weighted by Gasteiger charge is -2.22. The molecule has 2 aromatic carbocycles. The van der Waals surface area contributed by atoms with Crippen LogP contribution in [0.25, 0.3) is 0 Å². The number of anilines is 1. The normalized spacial score (nSPS) is 13.2. The molecular formula is C19H22Cl2N2O2. The molecule has 0 fully saturated rings. The summed E-state index contributed by atoms with van der Waals surface area (Å²) in [5, 5.41) is 7.13. The number of carbonyl (C=O) groups is 1. The summed E-state index contributed by atoms with van der Waals surface area (Å²) in [6.07, 6.45) is 0.849. The van der Waals surface area contributed by atoms with E-state index in [9.17, 15) is 4.79 Å². The maximum Gasteiger partial charge on any atom is 0.241 e. The molecule has 2 rings (SSSR count). The molecule has 0 aromatic heterocycles. The fraction of sp³-hybridized carbons (Fsp3) is 0.316. The van der Waals surface area contributed by atoms with Gasteiger partial charge in [-0.2, -0.15) is 0 Å². The Morgan fingerprint density at radius 1 is 1.16 bits per heavy atom. The third-order valence-electron chi connectivity index (χ3n) is 3.96. The van der Waals surface area contributed by atoms with Gasteiger partial charge in [0.05, 0.1) is 23.9 Å². The predicted octanol–water partition coefficient (Wildman–Crippen LogP) is 5.07. The molecule has 0 saturated heterocycles. The second kappa shape index (κ2) is 9.09. The second-order valence-corrected chi connectivity index (χ2v) is 6.58. The topological polar surface area (TPSA) is 50.4 Å². The first-order chi connectivity index (χ1) is 11.9. The van der Waals surface area contributed by atoms with Crippen molar-refractivity contribution in [1.29, 1.82) is 0 Å². The molecule has 4 nitrogen and oxygen atoms in total. The van der Waals surface area contributed by atoms with Crippen molar-refractivity contribution in [3.05, 3.63) is 58.1 Å². The Labute approximate surface area is 158 Å². The second-order valence-electron chi connectivity index (χ2n) is 5.74. The van der Waals surface area contributed by atoms with Crippen molar-refractivity contribution in [2.24, 2.45) is 0 Å². The van der Waals surface area contributed by atoms with Gasteiger partial charge in [-0.1, -0.05) is 42.3 Å². The quantitative estimate of drug-likeness (QED) is 0.704. The van der Waals surface area contributed by atoms with Crippen LogP contribution in [0.1, 0.15) is 31.9 Å². The molecule has 0 aliphatic carbocycles. The van der Waals surface area contributed by atoms with Crippen LogP contribution >= 0.6 is 23.2 Å². The monoisotopic (exact) mass is 380 g/mol. The average Bonchev–Trinajstić information content (AvgIpc) is 2.62. The van der Waals surface area contributed by atoms with Gasteiger partial charge in [-0.05, 0) is 49.2 Å². The number of carbonyl (C=O) groups excluding carboxylic acids is 1. The van der Waals surface area contributed by atoms with Gasteiger partial charge < -0.3 is 10.1 Å². The van der Waals surface area contributed by atoms with Crippen LogP contribution in [0.2, 0.25) is 10.0 Å². The lowest BCUT2D eigenvalue weighted by Crippen LogP contribution is -2.40. The lowest BCUT2D eigenvalue weighted by molar-refractivity contribution is -0.118. The summed E-state index contributed by atoms with van der Waals surface area (Å²) in [4.78, 5) is 12.5. The molecule has 2 N–H and O–H groups in total. The standard InChI is InChI=1S/C19H22Cl2N2O2/c1-4-17(13-5-8-15(25-3)9-6-13)22-12(2)19(24)23-18-11-14(20)7-10-16(18)21/h5-12,17,22H,4H2,1-3H3,(H,23,24). The van der Waals surface area contributed by atoms with Gasteiger partial charge in [-0.25, -0.2) is 0 Å². The molecule has 2 aromatic rings. The van der Waals surface area contributed by atoms with E-state index in [1.165, 1.54) is 0 Å². The first-order valence-electron chi connectivity index (χ1n) is 8.10. The van der Waals surface area contributed by atoms with E-state index in [0.717, 1.165) is 17.7 Å². The van der Waals surface area contributed by atoms with Crippen LogP contribution in [0.15, 0.2) is 42.5 Å². The third-order valence-corrected chi connectivity index (χ3v) is 4.52. The maximum absolute atomic E-state index is 12.5. The van der Waals surface area contributed by atoms with Gasteiger partial charge in [0.1, 0.15) is 5.75 Å². The molecule has 0 bridgehead atoms. The van der Waals surface area contributed by atoms with Crippen LogP contribution < -0.4 is 15.4 Å². The van der Waals surface area contributed by atoms with Crippen LogP contribution in [0.5, 0.6) is 5.75 Å². The number of methoxy groups -OCH3 is 1. The van der Waals surface area contributed by atoms with Crippen molar-refractivity contribution in [2.75, 3.05) is 12.4 Å². The van der Waals surface area contributed by atoms with Gasteiger partial charge in [-0.15, -0.1) is 0 Å². The zero-order valence-corrected chi connectivity index (χ0v) is 16.0. The van der Waals surface area contributed by atoms with E-state index >= 15 is 0 Å². The molecule has 0 heterocycles. The van der Waals surface area contributed by atoms with Crippen molar-refractivity contribution in [3.8, 4) is 5.75 Å². The van der Waals surface area contributed by atoms with Crippen LogP contribution in [0.3, 0.4) is 0 Å². The highest BCUT2D eigenvalue weighted by molar-refractivity contribution is 6.35. The summed E-state index contributed by atoms with van der Waals surface area (Å²) in [5.41, 5.74) is 1.61. The summed E-state index contributed by atoms with van der Waals surface area (Å²) in [5.74, 6) is 0.635. The van der Waals surface area contributed by atoms with Crippen LogP contribution in [-0.4, -0.2) is 19.1 Å². The first-order valence-corrected chi connectivity index (χ1v) is 8.86. The number of hydrogen-bond donors (Lipinski definition) is 2. The van der Waals surface area contributed by atoms with Gasteiger partial charge in [0.25, 0.3) is 0 Å². The maximum atomic E-state index is 12.5. The van der Waals surface area contributed by atoms with Gasteiger partial charge in [0, 0.05) is 11.1 Å². The van der Waals surface area contributed by atoms with Crippen molar-refractivity contribution < 1.29 is 9.53 Å². The number of ether oxygens (including phenoxy) is 1. The van der Waals surface area contributed by atoms with Crippen molar-refractivity contribution in [2.45, 2.75) is 32.4 Å². The molecule has 134 valence electrons. The molecule has 0 radical (unpaired) electrons. The van der Waals surface area contributed by atoms with Gasteiger partial charge in [0.15, 0.2) is 0 Å². The SMILES string of the molecule is CCC(NC(C)C(=O)Nc1cc(Cl)ccc1Cl)c1ccc(OC)cc1. The predicted molar refractivity (Wildman–Crippen MR) is 104 cm³/mol. The summed E-state index contributed by atoms with van der Waals surface area (Å²) < 4.78 is 5.18.